The molecule has 1 N–H and O–H groups in total. The molecule has 23 heavy (non-hydrogen) atoms. The van der Waals surface area contributed by atoms with Gasteiger partial charge in [-0.25, -0.2) is 13.1 Å². The van der Waals surface area contributed by atoms with Crippen LogP contribution in [0, 0.1) is 0 Å². The Morgan fingerprint density at radius 3 is 2.35 bits per heavy atom. The van der Waals surface area contributed by atoms with E-state index < -0.39 is 16.0 Å². The van der Waals surface area contributed by atoms with Crippen LogP contribution in [-0.2, 0) is 26.2 Å². The third-order valence-electron chi connectivity index (χ3n) is 2.99. The molecule has 5 nitrogen and oxygen atoms in total. The van der Waals surface area contributed by atoms with Crippen LogP contribution in [0.1, 0.15) is 12.0 Å². The summed E-state index contributed by atoms with van der Waals surface area (Å²) < 4.78 is 32.3. The third-order valence-corrected chi connectivity index (χ3v) is 4.99. The van der Waals surface area contributed by atoms with Crippen LogP contribution in [0.3, 0.4) is 0 Å². The second-order valence-corrected chi connectivity index (χ2v) is 7.43. The van der Waals surface area contributed by atoms with E-state index in [9.17, 15) is 13.2 Å². The summed E-state index contributed by atoms with van der Waals surface area (Å²) in [6, 6.07) is 15.5. The van der Waals surface area contributed by atoms with Gasteiger partial charge in [0.1, 0.15) is 6.61 Å². The SMILES string of the molecule is O=C(CCNS(=O)(=O)c1ccc(Br)cc1)OCc1ccccc1. The van der Waals surface area contributed by atoms with E-state index in [1.54, 1.807) is 12.1 Å². The molecule has 0 aliphatic heterocycles. The predicted octanol–water partition coefficient (Wildman–Crippen LogP) is 2.86. The first-order chi connectivity index (χ1) is 11.0. The van der Waals surface area contributed by atoms with Crippen LogP contribution in [0.15, 0.2) is 64.0 Å². The summed E-state index contributed by atoms with van der Waals surface area (Å²) in [5.74, 6) is -0.452. The molecule has 0 heterocycles. The van der Waals surface area contributed by atoms with Gasteiger partial charge in [-0.2, -0.15) is 0 Å². The maximum absolute atomic E-state index is 12.0. The topological polar surface area (TPSA) is 72.5 Å². The van der Waals surface area contributed by atoms with E-state index in [4.69, 9.17) is 4.74 Å². The zero-order valence-electron chi connectivity index (χ0n) is 12.2. The zero-order valence-corrected chi connectivity index (χ0v) is 14.6. The summed E-state index contributed by atoms with van der Waals surface area (Å²) in [5.41, 5.74) is 0.885. The highest BCUT2D eigenvalue weighted by molar-refractivity contribution is 9.10. The van der Waals surface area contributed by atoms with Gasteiger partial charge in [-0.05, 0) is 29.8 Å². The lowest BCUT2D eigenvalue weighted by atomic mass is 10.2. The molecule has 0 saturated heterocycles. The van der Waals surface area contributed by atoms with Gasteiger partial charge < -0.3 is 4.74 Å². The number of hydrogen-bond acceptors (Lipinski definition) is 4. The second-order valence-electron chi connectivity index (χ2n) is 4.75. The van der Waals surface area contributed by atoms with Gasteiger partial charge in [0.25, 0.3) is 0 Å². The van der Waals surface area contributed by atoms with Gasteiger partial charge in [0, 0.05) is 11.0 Å². The van der Waals surface area contributed by atoms with E-state index in [1.807, 2.05) is 30.3 Å². The van der Waals surface area contributed by atoms with Crippen molar-refractivity contribution in [1.82, 2.24) is 4.72 Å². The number of sulfonamides is 1. The normalized spacial score (nSPS) is 11.2. The Morgan fingerprint density at radius 2 is 1.70 bits per heavy atom. The Kier molecular flexibility index (Phi) is 6.32. The highest BCUT2D eigenvalue weighted by Gasteiger charge is 2.14. The average Bonchev–Trinajstić information content (AvgIpc) is 2.54. The molecule has 2 rings (SSSR count). The Morgan fingerprint density at radius 1 is 1.04 bits per heavy atom. The number of nitrogens with one attached hydrogen (secondary N) is 1. The maximum atomic E-state index is 12.0. The minimum absolute atomic E-state index is 0.00792. The molecule has 0 atom stereocenters. The molecule has 0 aliphatic rings. The van der Waals surface area contributed by atoms with E-state index in [0.717, 1.165) is 10.0 Å². The van der Waals surface area contributed by atoms with Gasteiger partial charge in [0.05, 0.1) is 11.3 Å². The third kappa shape index (κ3) is 5.78. The highest BCUT2D eigenvalue weighted by atomic mass is 79.9. The minimum atomic E-state index is -3.62. The summed E-state index contributed by atoms with van der Waals surface area (Å²) in [7, 11) is -3.62. The van der Waals surface area contributed by atoms with Crippen LogP contribution in [0.2, 0.25) is 0 Å². The van der Waals surface area contributed by atoms with Crippen molar-refractivity contribution in [3.63, 3.8) is 0 Å². The minimum Gasteiger partial charge on any atom is -0.461 e. The monoisotopic (exact) mass is 397 g/mol. The fourth-order valence-corrected chi connectivity index (χ4v) is 3.09. The molecule has 2 aromatic rings. The molecular weight excluding hydrogens is 382 g/mol. The van der Waals surface area contributed by atoms with E-state index in [1.165, 1.54) is 12.1 Å². The van der Waals surface area contributed by atoms with Crippen LogP contribution >= 0.6 is 15.9 Å². The van der Waals surface area contributed by atoms with Gasteiger partial charge in [-0.1, -0.05) is 46.3 Å². The van der Waals surface area contributed by atoms with Crippen LogP contribution in [-0.4, -0.2) is 20.9 Å². The van der Waals surface area contributed by atoms with Crippen LogP contribution < -0.4 is 4.72 Å². The Hall–Kier alpha value is -1.70. The maximum Gasteiger partial charge on any atom is 0.307 e. The number of halogens is 1. The molecule has 0 aliphatic carbocycles. The number of carbonyl (C=O) groups excluding carboxylic acids is 1. The van der Waals surface area contributed by atoms with E-state index in [2.05, 4.69) is 20.7 Å². The van der Waals surface area contributed by atoms with Gasteiger partial charge in [0.15, 0.2) is 0 Å². The molecule has 7 heteroatoms. The number of hydrogen-bond donors (Lipinski definition) is 1. The van der Waals surface area contributed by atoms with Gasteiger partial charge in [0.2, 0.25) is 10.0 Å². The molecule has 0 aromatic heterocycles. The van der Waals surface area contributed by atoms with E-state index >= 15 is 0 Å². The summed E-state index contributed by atoms with van der Waals surface area (Å²) in [4.78, 5) is 11.8. The van der Waals surface area contributed by atoms with Crippen LogP contribution in [0.5, 0.6) is 0 Å². The Labute approximate surface area is 143 Å². The summed E-state index contributed by atoms with van der Waals surface area (Å²) >= 11 is 3.24. The number of ether oxygens (including phenoxy) is 1. The van der Waals surface area contributed by atoms with Crippen molar-refractivity contribution >= 4 is 31.9 Å². The average molecular weight is 398 g/mol. The number of esters is 1. The fourth-order valence-electron chi connectivity index (χ4n) is 1.79. The largest absolute Gasteiger partial charge is 0.461 e. The standard InChI is InChI=1S/C16H16BrNO4S/c17-14-6-8-15(9-7-14)23(20,21)18-11-10-16(19)22-12-13-4-2-1-3-5-13/h1-9,18H,10-12H2. The first-order valence-electron chi connectivity index (χ1n) is 6.92. The predicted molar refractivity (Wildman–Crippen MR) is 90.2 cm³/mol. The molecule has 0 unspecified atom stereocenters. The quantitative estimate of drug-likeness (QED) is 0.728. The zero-order chi connectivity index (χ0) is 16.7. The van der Waals surface area contributed by atoms with Crippen LogP contribution in [0.25, 0.3) is 0 Å². The van der Waals surface area contributed by atoms with Gasteiger partial charge in [-0.15, -0.1) is 0 Å². The lowest BCUT2D eigenvalue weighted by Gasteiger charge is -2.07. The fraction of sp³-hybridized carbons (Fsp3) is 0.188. The molecule has 0 bridgehead atoms. The molecule has 2 aromatic carbocycles. The molecular formula is C16H16BrNO4S. The van der Waals surface area contributed by atoms with Crippen molar-refractivity contribution < 1.29 is 17.9 Å². The lowest BCUT2D eigenvalue weighted by Crippen LogP contribution is -2.26. The smallest absolute Gasteiger partial charge is 0.307 e. The molecule has 122 valence electrons. The van der Waals surface area contributed by atoms with Crippen molar-refractivity contribution in [2.45, 2.75) is 17.9 Å². The van der Waals surface area contributed by atoms with Crippen LogP contribution in [0.4, 0.5) is 0 Å². The highest BCUT2D eigenvalue weighted by Crippen LogP contribution is 2.14. The number of carbonyl (C=O) groups is 1. The summed E-state index contributed by atoms with van der Waals surface area (Å²) in [6.45, 7) is 0.172. The Balaban J connectivity index is 1.77. The van der Waals surface area contributed by atoms with Gasteiger partial charge in [-0.3, -0.25) is 4.79 Å². The molecule has 0 saturated carbocycles. The van der Waals surface area contributed by atoms with E-state index in [-0.39, 0.29) is 24.5 Å². The molecule has 0 radical (unpaired) electrons. The van der Waals surface area contributed by atoms with Gasteiger partial charge >= 0.3 is 5.97 Å². The van der Waals surface area contributed by atoms with Crippen molar-refractivity contribution in [3.05, 3.63) is 64.6 Å². The van der Waals surface area contributed by atoms with Crippen molar-refractivity contribution in [2.75, 3.05) is 6.54 Å². The number of benzene rings is 2. The molecule has 0 fully saturated rings. The Bertz CT molecular complexity index is 745. The first kappa shape index (κ1) is 17.7. The van der Waals surface area contributed by atoms with Crippen molar-refractivity contribution in [1.29, 1.82) is 0 Å². The molecule has 0 spiro atoms. The summed E-state index contributed by atoms with van der Waals surface area (Å²) in [5, 5.41) is 0. The van der Waals surface area contributed by atoms with Crippen molar-refractivity contribution in [3.8, 4) is 0 Å². The number of rotatable bonds is 7. The van der Waals surface area contributed by atoms with Crippen molar-refractivity contribution in [2.24, 2.45) is 0 Å². The molecule has 0 amide bonds. The first-order valence-corrected chi connectivity index (χ1v) is 9.20. The van der Waals surface area contributed by atoms with E-state index in [0.29, 0.717) is 0 Å². The second kappa shape index (κ2) is 8.24. The summed E-state index contributed by atoms with van der Waals surface area (Å²) in [6.07, 6.45) is -0.0252. The lowest BCUT2D eigenvalue weighted by molar-refractivity contribution is -0.144.